The van der Waals surface area contributed by atoms with Crippen LogP contribution in [0.4, 0.5) is 0 Å². The van der Waals surface area contributed by atoms with Crippen LogP contribution >= 0.6 is 63.7 Å². The third-order valence-electron chi connectivity index (χ3n) is 25.4. The Morgan fingerprint density at radius 2 is 0.589 bits per heavy atom. The first kappa shape index (κ1) is 109. The lowest BCUT2D eigenvalue weighted by molar-refractivity contribution is 0.0674. The van der Waals surface area contributed by atoms with Gasteiger partial charge in [0.2, 0.25) is 0 Å². The fourth-order valence-corrected chi connectivity index (χ4v) is 20.7. The highest BCUT2D eigenvalue weighted by Gasteiger charge is 2.36. The summed E-state index contributed by atoms with van der Waals surface area (Å²) < 4.78 is 77.5. The zero-order valence-corrected chi connectivity index (χ0v) is 89.7. The third kappa shape index (κ3) is 25.3. The van der Waals surface area contributed by atoms with Crippen molar-refractivity contribution in [3.63, 3.8) is 0 Å². The van der Waals surface area contributed by atoms with Crippen LogP contribution in [0, 0.1) is 27.7 Å². The predicted molar refractivity (Wildman–Crippen MR) is 580 cm³/mol. The highest BCUT2D eigenvalue weighted by atomic mass is 79.9. The molecular formula is C110H98Br4N10O18S4. The first-order chi connectivity index (χ1) is 70.2. The zero-order valence-electron chi connectivity index (χ0n) is 80.1. The Balaban J connectivity index is 0.000000157. The van der Waals surface area contributed by atoms with Gasteiger partial charge in [0, 0.05) is 69.5 Å². The van der Waals surface area contributed by atoms with Gasteiger partial charge in [0.15, 0.2) is 0 Å². The number of hydrogen-bond acceptors (Lipinski definition) is 16. The van der Waals surface area contributed by atoms with Gasteiger partial charge in [-0.2, -0.15) is 33.7 Å². The number of pyridine rings is 4. The molecule has 0 aliphatic heterocycles. The van der Waals surface area contributed by atoms with Crippen LogP contribution in [0.3, 0.4) is 0 Å². The summed E-state index contributed by atoms with van der Waals surface area (Å²) in [5.74, 6) is -2.20. The molecule has 2 amide bonds. The molecule has 0 saturated heterocycles. The van der Waals surface area contributed by atoms with E-state index in [2.05, 4.69) is 146 Å². The molecule has 0 fully saturated rings. The summed E-state index contributed by atoms with van der Waals surface area (Å²) in [6.45, 7) is 17.9. The number of carboxylic acids is 2. The van der Waals surface area contributed by atoms with Crippen LogP contribution in [0.1, 0.15) is 159 Å². The summed E-state index contributed by atoms with van der Waals surface area (Å²) >= 11 is 11.3. The maximum Gasteiger partial charge on any atom is 0.353 e. The number of hydrogen-bond donors (Lipinski definition) is 8. The van der Waals surface area contributed by atoms with Crippen molar-refractivity contribution in [3.05, 3.63) is 414 Å². The smallest absolute Gasteiger partial charge is 0.353 e. The van der Waals surface area contributed by atoms with Crippen LogP contribution < -0.4 is 32.9 Å². The second-order valence-corrected chi connectivity index (χ2v) is 39.4. The first-order valence-corrected chi connectivity index (χ1v) is 51.9. The maximum absolute atomic E-state index is 13.3. The number of aromatic carboxylic acids is 2. The van der Waals surface area contributed by atoms with Gasteiger partial charge in [-0.1, -0.05) is 214 Å². The number of aryl methyl sites for hydroxylation is 10. The average Bonchev–Trinajstić information content (AvgIpc) is 1.60. The number of aromatic nitrogens is 8. The number of benzene rings is 8. The summed E-state index contributed by atoms with van der Waals surface area (Å²) in [7, 11) is 0. The first-order valence-electron chi connectivity index (χ1n) is 46.1. The number of H-pyrrole nitrogens is 4. The quantitative estimate of drug-likeness (QED) is 0.0395. The number of carboxylic acid groups (broad SMARTS) is 2. The Morgan fingerprint density at radius 3 is 0.918 bits per heavy atom. The molecule has 748 valence electrons. The van der Waals surface area contributed by atoms with Gasteiger partial charge >= 0.3 is 58.2 Å². The van der Waals surface area contributed by atoms with Crippen LogP contribution in [-0.2, 0) is 124 Å². The zero-order chi connectivity index (χ0) is 105. The maximum atomic E-state index is 13.3. The fourth-order valence-electron chi connectivity index (χ4n) is 18.6. The standard InChI is InChI=1S/C28H25Br2N3O2.C28H26BrN3O2.C27H23BrN2O3.C27H24N2O3.4O2S/c1-16(2)31-28(35)26-23(30)21-13-10-19-14-22(18-6-4-3-5-7-18)27(34)32-24(19)25(21)33(26)15-17-8-11-20(29)12-9-17;1-17(2)30-28(34)24-15-21-11-10-20-14-23(19-6-4-3-5-7-19)27(33)31-25(20)26(21)32(24)16-18-8-12-22(29)13-9-18;1-15-8-9-17(12-16(15)2)14-30-24-20(22(28)25(30)27(32)33)11-10-19-13-21(26(31)29-23(19)24)18-6-4-3-5-7-18;1-16-8-9-18(12-17(16)2)15-29-23(27(31)32)14-21-11-10-20-13-22(19-6-4-3-5-7-19)26(30)28-24(20)25(21)29;4*1-3-2/h3-9,11-12,14,16H,10,13,15H2,1-2H3,(H,31,35)(H,32,34);3-9,12-15,17H,10-11,16H2,1-2H3,(H,30,34)(H,31,33);3-9,12-13H,10-11,14H2,1-2H3,(H,29,31)(H,32,33);3-9,12-14H,10-11,15H2,1-2H3,(H,28,30)(H,31,32);;;;. The van der Waals surface area contributed by atoms with Crippen LogP contribution in [0.25, 0.3) is 90.1 Å². The van der Waals surface area contributed by atoms with Crippen LogP contribution in [-0.4, -0.2) is 118 Å². The van der Waals surface area contributed by atoms with E-state index < -0.39 is 58.2 Å². The molecule has 4 aliphatic rings. The molecule has 0 atom stereocenters. The lowest BCUT2D eigenvalue weighted by atomic mass is 9.92. The van der Waals surface area contributed by atoms with Gasteiger partial charge in [-0.15, -0.1) is 0 Å². The number of nitrogens with one attached hydrogen (secondary N) is 6. The van der Waals surface area contributed by atoms with Gasteiger partial charge in [0.05, 0.1) is 54.5 Å². The van der Waals surface area contributed by atoms with Crippen molar-refractivity contribution in [2.24, 2.45) is 0 Å². The van der Waals surface area contributed by atoms with Crippen molar-refractivity contribution >= 4 is 134 Å². The molecule has 28 nitrogen and oxygen atoms in total. The van der Waals surface area contributed by atoms with E-state index in [4.69, 9.17) is 33.7 Å². The van der Waals surface area contributed by atoms with Gasteiger partial charge < -0.3 is 59.1 Å². The molecule has 8 N–H and O–H groups in total. The van der Waals surface area contributed by atoms with Crippen molar-refractivity contribution in [1.82, 2.24) is 48.8 Å². The van der Waals surface area contributed by atoms with Crippen LogP contribution in [0.2, 0.25) is 0 Å². The third-order valence-corrected chi connectivity index (χ3v) is 28.1. The minimum Gasteiger partial charge on any atom is -0.477 e. The Kier molecular flexibility index (Phi) is 37.4. The number of rotatable bonds is 18. The van der Waals surface area contributed by atoms with E-state index in [1.54, 1.807) is 6.07 Å². The summed E-state index contributed by atoms with van der Waals surface area (Å²) in [5.41, 5.74) is 30.8. The normalized spacial score (nSPS) is 11.7. The van der Waals surface area contributed by atoms with E-state index in [0.29, 0.717) is 76.4 Å². The van der Waals surface area contributed by atoms with E-state index in [0.717, 1.165) is 193 Å². The van der Waals surface area contributed by atoms with E-state index in [1.807, 2.05) is 258 Å². The molecule has 0 radical (unpaired) electrons. The molecule has 8 aromatic heterocycles. The van der Waals surface area contributed by atoms with Crippen molar-refractivity contribution in [2.45, 2.75) is 145 Å². The summed E-state index contributed by atoms with van der Waals surface area (Å²) in [6, 6.07) is 78.9. The van der Waals surface area contributed by atoms with E-state index in [-0.39, 0.29) is 57.5 Å². The Bertz CT molecular complexity index is 8000. The fraction of sp³-hybridized carbons (Fsp3) is 0.200. The molecule has 8 heterocycles. The highest BCUT2D eigenvalue weighted by Crippen LogP contribution is 2.45. The number of halogens is 4. The van der Waals surface area contributed by atoms with Gasteiger partial charge in [0.1, 0.15) is 22.8 Å². The molecule has 0 spiro atoms. The van der Waals surface area contributed by atoms with Crippen LogP contribution in [0.15, 0.2) is 280 Å². The monoisotopic (exact) mass is 2290 g/mol. The molecular weight excluding hydrogens is 2200 g/mol. The molecule has 16 aromatic rings. The largest absolute Gasteiger partial charge is 0.477 e. The van der Waals surface area contributed by atoms with Crippen molar-refractivity contribution < 1.29 is 63.1 Å². The topological polar surface area (TPSA) is 421 Å². The van der Waals surface area contributed by atoms with Gasteiger partial charge in [-0.25, -0.2) is 9.59 Å². The summed E-state index contributed by atoms with van der Waals surface area (Å²) in [5, 5.41) is 26.0. The molecule has 8 aromatic carbocycles. The van der Waals surface area contributed by atoms with Crippen LogP contribution in [0.5, 0.6) is 0 Å². The summed E-state index contributed by atoms with van der Waals surface area (Å²) in [6.07, 6.45) is 6.11. The van der Waals surface area contributed by atoms with Gasteiger partial charge in [0.25, 0.3) is 34.1 Å². The molecule has 20 rings (SSSR count). The number of amides is 2. The Morgan fingerprint density at radius 1 is 0.315 bits per heavy atom. The molecule has 0 saturated carbocycles. The van der Waals surface area contributed by atoms with Gasteiger partial charge in [-0.3, -0.25) is 28.8 Å². The second-order valence-electron chi connectivity index (χ2n) is 35.5. The van der Waals surface area contributed by atoms with Crippen molar-refractivity contribution in [1.29, 1.82) is 0 Å². The molecule has 4 aliphatic carbocycles. The number of nitrogens with zero attached hydrogens (tertiary/aromatic N) is 4. The second kappa shape index (κ2) is 50.0. The Hall–Kier alpha value is -14.2. The Labute approximate surface area is 887 Å². The van der Waals surface area contributed by atoms with Gasteiger partial charge in [-0.05, 0) is 311 Å². The van der Waals surface area contributed by atoms with E-state index >= 15 is 0 Å². The number of aromatic amines is 4. The number of carbonyl (C=O) groups excluding carboxylic acids is 2. The SMILES string of the molecule is CC(C)NC(=O)c1c(Br)c2c(n1Cc1ccc(Br)cc1)-c1[nH]c(=O)c(-c3ccccc3)cc1CC2.CC(C)NC(=O)c1cc2c(n1Cc1ccc(Br)cc1)-c1[nH]c(=O)c(-c3ccccc3)cc1CC2.Cc1ccc(Cn2c(C(=O)O)c(Br)c3c2-c2[nH]c(=O)c(-c4ccccc4)cc2CC3)cc1C.Cc1ccc(Cn2c(C(=O)O)cc3c2-c2[nH]c(=O)c(-c4ccccc4)cc2CC3)cc1C.O=S=O.O=S=O.O=S=O.O=S=O. The molecule has 36 heteroatoms. The molecule has 0 unspecified atom stereocenters. The molecule has 146 heavy (non-hydrogen) atoms. The highest BCUT2D eigenvalue weighted by molar-refractivity contribution is 9.11. The summed E-state index contributed by atoms with van der Waals surface area (Å²) in [4.78, 5) is 116. The predicted octanol–water partition coefficient (Wildman–Crippen LogP) is 19.9. The number of carbonyl (C=O) groups is 4. The number of fused-ring (bicyclic) bond motifs is 12. The lowest BCUT2D eigenvalue weighted by Crippen LogP contribution is -2.32. The molecule has 0 bridgehead atoms. The van der Waals surface area contributed by atoms with Crippen molar-refractivity contribution in [3.8, 4) is 90.1 Å². The average molecular weight is 2300 g/mol. The van der Waals surface area contributed by atoms with Crippen molar-refractivity contribution in [2.75, 3.05) is 0 Å². The minimum absolute atomic E-state index is 0.00276. The van der Waals surface area contributed by atoms with E-state index in [1.165, 1.54) is 16.7 Å². The minimum atomic E-state index is -0.995. The lowest BCUT2D eigenvalue weighted by Gasteiger charge is -2.21. The van der Waals surface area contributed by atoms with E-state index in [9.17, 15) is 48.6 Å².